The van der Waals surface area contributed by atoms with Gasteiger partial charge in [-0.05, 0) is 24.3 Å². The van der Waals surface area contributed by atoms with Crippen molar-refractivity contribution < 1.29 is 14.5 Å². The molecule has 1 aliphatic carbocycles. The minimum atomic E-state index is -0.435. The summed E-state index contributed by atoms with van der Waals surface area (Å²) in [4.78, 5) is 26.1. The Kier molecular flexibility index (Phi) is 4.04. The molecule has 1 heterocycles. The number of ether oxygens (including phenoxy) is 1. The molecule has 0 bridgehead atoms. The van der Waals surface area contributed by atoms with Gasteiger partial charge in [0.25, 0.3) is 0 Å². The number of rotatable bonds is 6. The van der Waals surface area contributed by atoms with Crippen LogP contribution in [0.3, 0.4) is 0 Å². The summed E-state index contributed by atoms with van der Waals surface area (Å²) in [5.41, 5.74) is -0.0316. The number of nitro groups is 1. The number of methoxy groups -OCH3 is 1. The molecule has 0 aliphatic heterocycles. The lowest BCUT2D eigenvalue weighted by Gasteiger charge is -2.12. The van der Waals surface area contributed by atoms with Crippen molar-refractivity contribution >= 4 is 23.4 Å². The number of carbonyl (C=O) groups excluding carboxylic acids is 1. The Balaban J connectivity index is 1.99. The van der Waals surface area contributed by atoms with Gasteiger partial charge in [0.05, 0.1) is 23.3 Å². The monoisotopic (exact) mass is 282 g/mol. The second-order valence-electron chi connectivity index (χ2n) is 4.64. The van der Waals surface area contributed by atoms with E-state index in [1.807, 2.05) is 0 Å². The molecule has 1 aromatic heterocycles. The summed E-state index contributed by atoms with van der Waals surface area (Å²) in [5, 5.41) is 10.9. The summed E-state index contributed by atoms with van der Waals surface area (Å²) >= 11 is 1.41. The molecule has 0 spiro atoms. The van der Waals surface area contributed by atoms with Gasteiger partial charge in [-0.2, -0.15) is 0 Å². The summed E-state index contributed by atoms with van der Waals surface area (Å²) in [6.07, 6.45) is 5.11. The highest BCUT2D eigenvalue weighted by atomic mass is 32.2. The lowest BCUT2D eigenvalue weighted by Crippen LogP contribution is -2.13. The van der Waals surface area contributed by atoms with Crippen LogP contribution in [0.1, 0.15) is 19.3 Å². The lowest BCUT2D eigenvalue weighted by atomic mass is 10.1. The second-order valence-corrected chi connectivity index (χ2v) is 5.66. The maximum atomic E-state index is 11.3. The molecule has 102 valence electrons. The maximum Gasteiger partial charge on any atom is 0.306 e. The molecule has 6 nitrogen and oxygen atoms in total. The lowest BCUT2D eigenvalue weighted by molar-refractivity contribution is -0.388. The molecule has 1 fully saturated rings. The Morgan fingerprint density at radius 1 is 1.63 bits per heavy atom. The average Bonchev–Trinajstić information content (AvgIpc) is 3.16. The number of carbonyl (C=O) groups is 1. The fraction of sp³-hybridized carbons (Fsp3) is 0.500. The van der Waals surface area contributed by atoms with Crippen LogP contribution in [-0.4, -0.2) is 28.7 Å². The van der Waals surface area contributed by atoms with Crippen LogP contribution in [0.5, 0.6) is 0 Å². The van der Waals surface area contributed by atoms with Crippen molar-refractivity contribution in [3.8, 4) is 0 Å². The van der Waals surface area contributed by atoms with Gasteiger partial charge in [0.2, 0.25) is 0 Å². The Hall–Kier alpha value is -1.63. The van der Waals surface area contributed by atoms with Crippen LogP contribution in [0.15, 0.2) is 23.4 Å². The maximum absolute atomic E-state index is 11.3. The number of aromatic nitrogens is 1. The largest absolute Gasteiger partial charge is 0.469 e. The fourth-order valence-electron chi connectivity index (χ4n) is 1.79. The van der Waals surface area contributed by atoms with Gasteiger partial charge < -0.3 is 4.74 Å². The molecule has 0 N–H and O–H groups in total. The number of pyridine rings is 1. The fourth-order valence-corrected chi connectivity index (χ4v) is 3.08. The van der Waals surface area contributed by atoms with Crippen molar-refractivity contribution in [1.82, 2.24) is 4.98 Å². The van der Waals surface area contributed by atoms with Gasteiger partial charge >= 0.3 is 11.7 Å². The van der Waals surface area contributed by atoms with Gasteiger partial charge in [-0.3, -0.25) is 19.9 Å². The van der Waals surface area contributed by atoms with Gasteiger partial charge in [0.1, 0.15) is 6.20 Å². The standard InChI is InChI=1S/C12H14N2O4S/c1-18-11(15)6-12(3-4-12)8-19-10-2-5-13-7-9(10)14(16)17/h2,5,7H,3-4,6,8H2,1H3. The summed E-state index contributed by atoms with van der Waals surface area (Å²) < 4.78 is 4.67. The highest BCUT2D eigenvalue weighted by Gasteiger charge is 2.44. The Morgan fingerprint density at radius 2 is 2.37 bits per heavy atom. The number of esters is 1. The third kappa shape index (κ3) is 3.44. The van der Waals surface area contributed by atoms with Crippen molar-refractivity contribution in [1.29, 1.82) is 0 Å². The first-order chi connectivity index (χ1) is 9.06. The zero-order valence-electron chi connectivity index (χ0n) is 10.5. The number of hydrogen-bond donors (Lipinski definition) is 0. The summed E-state index contributed by atoms with van der Waals surface area (Å²) in [6, 6.07) is 1.64. The van der Waals surface area contributed by atoms with Crippen molar-refractivity contribution in [2.45, 2.75) is 24.2 Å². The zero-order valence-corrected chi connectivity index (χ0v) is 11.3. The first kappa shape index (κ1) is 13.8. The Bertz CT molecular complexity index is 502. The van der Waals surface area contributed by atoms with Gasteiger partial charge in [-0.1, -0.05) is 0 Å². The third-order valence-corrected chi connectivity index (χ3v) is 4.61. The van der Waals surface area contributed by atoms with Gasteiger partial charge in [-0.15, -0.1) is 11.8 Å². The van der Waals surface area contributed by atoms with Gasteiger partial charge in [-0.25, -0.2) is 0 Å². The molecular formula is C12H14N2O4S. The van der Waals surface area contributed by atoms with Crippen molar-refractivity contribution in [2.24, 2.45) is 5.41 Å². The van der Waals surface area contributed by atoms with Crippen LogP contribution in [-0.2, 0) is 9.53 Å². The molecule has 1 saturated carbocycles. The predicted octanol–water partition coefficient (Wildman–Crippen LogP) is 2.43. The molecule has 0 aromatic carbocycles. The van der Waals surface area contributed by atoms with Crippen LogP contribution in [0.2, 0.25) is 0 Å². The predicted molar refractivity (Wildman–Crippen MR) is 69.9 cm³/mol. The van der Waals surface area contributed by atoms with Crippen molar-refractivity contribution in [3.05, 3.63) is 28.6 Å². The average molecular weight is 282 g/mol. The first-order valence-corrected chi connectivity index (χ1v) is 6.83. The quantitative estimate of drug-likeness (QED) is 0.345. The topological polar surface area (TPSA) is 82.3 Å². The van der Waals surface area contributed by atoms with E-state index >= 15 is 0 Å². The molecule has 0 atom stereocenters. The molecule has 1 aromatic rings. The number of nitrogens with zero attached hydrogens (tertiary/aromatic N) is 2. The minimum Gasteiger partial charge on any atom is -0.469 e. The minimum absolute atomic E-state index is 0.0152. The molecule has 7 heteroatoms. The van der Waals surface area contributed by atoms with E-state index in [-0.39, 0.29) is 17.1 Å². The molecule has 0 saturated heterocycles. The van der Waals surface area contributed by atoms with E-state index in [0.717, 1.165) is 12.8 Å². The van der Waals surface area contributed by atoms with Crippen LogP contribution < -0.4 is 0 Å². The van der Waals surface area contributed by atoms with Crippen LogP contribution >= 0.6 is 11.8 Å². The highest BCUT2D eigenvalue weighted by Crippen LogP contribution is 2.52. The zero-order chi connectivity index (χ0) is 13.9. The molecule has 2 rings (SSSR count). The highest BCUT2D eigenvalue weighted by molar-refractivity contribution is 7.99. The number of hydrogen-bond acceptors (Lipinski definition) is 6. The van der Waals surface area contributed by atoms with Crippen LogP contribution in [0, 0.1) is 15.5 Å². The van der Waals surface area contributed by atoms with E-state index in [1.165, 1.54) is 31.3 Å². The second kappa shape index (κ2) is 5.56. The summed E-state index contributed by atoms with van der Waals surface area (Å²) in [6.45, 7) is 0. The normalized spacial score (nSPS) is 15.8. The molecule has 0 unspecified atom stereocenters. The Labute approximate surface area is 114 Å². The third-order valence-electron chi connectivity index (χ3n) is 3.20. The molecule has 1 aliphatic rings. The van der Waals surface area contributed by atoms with E-state index < -0.39 is 4.92 Å². The van der Waals surface area contributed by atoms with E-state index in [4.69, 9.17) is 0 Å². The first-order valence-electron chi connectivity index (χ1n) is 5.84. The van der Waals surface area contributed by atoms with E-state index in [0.29, 0.717) is 17.1 Å². The van der Waals surface area contributed by atoms with Crippen molar-refractivity contribution in [2.75, 3.05) is 12.9 Å². The van der Waals surface area contributed by atoms with Gasteiger partial charge in [0, 0.05) is 11.9 Å². The molecular weight excluding hydrogens is 268 g/mol. The van der Waals surface area contributed by atoms with E-state index in [1.54, 1.807) is 6.07 Å². The molecule has 0 amide bonds. The SMILES string of the molecule is COC(=O)CC1(CSc2ccncc2[N+](=O)[O-])CC1. The van der Waals surface area contributed by atoms with Crippen LogP contribution in [0.4, 0.5) is 5.69 Å². The van der Waals surface area contributed by atoms with Crippen molar-refractivity contribution in [3.63, 3.8) is 0 Å². The van der Waals surface area contributed by atoms with E-state index in [9.17, 15) is 14.9 Å². The Morgan fingerprint density at radius 3 is 2.95 bits per heavy atom. The van der Waals surface area contributed by atoms with E-state index in [2.05, 4.69) is 9.72 Å². The van der Waals surface area contributed by atoms with Gasteiger partial charge in [0.15, 0.2) is 0 Å². The van der Waals surface area contributed by atoms with Crippen LogP contribution in [0.25, 0.3) is 0 Å². The summed E-state index contributed by atoms with van der Waals surface area (Å²) in [7, 11) is 1.37. The summed E-state index contributed by atoms with van der Waals surface area (Å²) in [5.74, 6) is 0.467. The smallest absolute Gasteiger partial charge is 0.306 e. The number of thioether (sulfide) groups is 1. The molecule has 19 heavy (non-hydrogen) atoms. The molecule has 0 radical (unpaired) electrons.